The van der Waals surface area contributed by atoms with Crippen LogP contribution in [0.4, 0.5) is 5.69 Å². The zero-order valence-corrected chi connectivity index (χ0v) is 15.1. The van der Waals surface area contributed by atoms with Crippen molar-refractivity contribution in [2.75, 3.05) is 6.61 Å². The van der Waals surface area contributed by atoms with Crippen molar-refractivity contribution in [3.63, 3.8) is 0 Å². The molecule has 130 valence electrons. The number of carbonyl (C=O) groups is 1. The molecule has 1 heterocycles. The van der Waals surface area contributed by atoms with Gasteiger partial charge in [0.05, 0.1) is 13.2 Å². The molecule has 0 atom stereocenters. The Kier molecular flexibility index (Phi) is 4.90. The molecule has 2 aromatic carbocycles. The highest BCUT2D eigenvalue weighted by Gasteiger charge is 2.25. The lowest BCUT2D eigenvalue weighted by Gasteiger charge is -2.09. The second-order valence-electron chi connectivity index (χ2n) is 5.99. The van der Waals surface area contributed by atoms with E-state index in [1.165, 1.54) is 0 Å². The van der Waals surface area contributed by atoms with Crippen molar-refractivity contribution in [2.45, 2.75) is 13.8 Å². The number of esters is 1. The Morgan fingerprint density at radius 1 is 1.04 bits per heavy atom. The molecule has 0 fully saturated rings. The number of carbonyl (C=O) groups excluding carboxylic acids is 1. The number of ether oxygens (including phenoxy) is 1. The minimum absolute atomic E-state index is 0.294. The number of benzene rings is 2. The van der Waals surface area contributed by atoms with Crippen LogP contribution in [0.2, 0.25) is 0 Å². The third-order valence-corrected chi connectivity index (χ3v) is 4.52. The number of hydrogen-bond acceptors (Lipinski definition) is 2. The predicted molar refractivity (Wildman–Crippen MR) is 103 cm³/mol. The minimum Gasteiger partial charge on any atom is -0.461 e. The maximum Gasteiger partial charge on any atom is 0.354 e. The van der Waals surface area contributed by atoms with Crippen molar-refractivity contribution in [3.8, 4) is 22.3 Å². The second kappa shape index (κ2) is 7.28. The summed E-state index contributed by atoms with van der Waals surface area (Å²) in [6.45, 7) is 11.5. The van der Waals surface area contributed by atoms with Crippen molar-refractivity contribution in [1.29, 1.82) is 0 Å². The van der Waals surface area contributed by atoms with Crippen molar-refractivity contribution in [3.05, 3.63) is 77.4 Å². The van der Waals surface area contributed by atoms with Gasteiger partial charge < -0.3 is 9.30 Å². The molecule has 1 aromatic heterocycles. The number of rotatable bonds is 4. The van der Waals surface area contributed by atoms with E-state index in [1.54, 1.807) is 18.5 Å². The van der Waals surface area contributed by atoms with Gasteiger partial charge in [0, 0.05) is 18.3 Å². The lowest BCUT2D eigenvalue weighted by molar-refractivity contribution is 0.0516. The van der Waals surface area contributed by atoms with E-state index >= 15 is 0 Å². The molecule has 0 saturated carbocycles. The van der Waals surface area contributed by atoms with Crippen LogP contribution >= 0.6 is 0 Å². The van der Waals surface area contributed by atoms with Gasteiger partial charge >= 0.3 is 5.97 Å². The van der Waals surface area contributed by atoms with Gasteiger partial charge in [0.2, 0.25) is 5.69 Å². The van der Waals surface area contributed by atoms with Crippen LogP contribution in [-0.4, -0.2) is 17.1 Å². The van der Waals surface area contributed by atoms with E-state index in [4.69, 9.17) is 11.3 Å². The molecule has 0 amide bonds. The molecule has 0 spiro atoms. The SMILES string of the molecule is [C-]#[N+]c1c(-c2ccc(-c3ccccc3)cc2)c(C(=O)OCC)n(C)c1C. The highest BCUT2D eigenvalue weighted by Crippen LogP contribution is 2.39. The average molecular weight is 344 g/mol. The van der Waals surface area contributed by atoms with Crippen LogP contribution in [-0.2, 0) is 11.8 Å². The Balaban J connectivity index is 2.13. The zero-order chi connectivity index (χ0) is 18.7. The fraction of sp³-hybridized carbons (Fsp3) is 0.182. The van der Waals surface area contributed by atoms with Crippen molar-refractivity contribution in [2.24, 2.45) is 7.05 Å². The molecule has 0 bridgehead atoms. The molecule has 0 aliphatic rings. The van der Waals surface area contributed by atoms with Gasteiger partial charge in [-0.05, 0) is 30.5 Å². The lowest BCUT2D eigenvalue weighted by Crippen LogP contribution is -2.11. The molecule has 0 N–H and O–H groups in total. The first kappa shape index (κ1) is 17.5. The standard InChI is InChI=1S/C22H20N2O2/c1-5-26-22(25)21-19(20(23-3)15(2)24(21)4)18-13-11-17(12-14-18)16-9-7-6-8-10-16/h6-14H,5H2,1-2,4H3. The Bertz CT molecular complexity index is 978. The van der Waals surface area contributed by atoms with E-state index < -0.39 is 5.97 Å². The van der Waals surface area contributed by atoms with E-state index in [0.717, 1.165) is 22.4 Å². The summed E-state index contributed by atoms with van der Waals surface area (Å²) in [4.78, 5) is 16.2. The first-order chi connectivity index (χ1) is 12.6. The molecule has 0 saturated heterocycles. The van der Waals surface area contributed by atoms with Gasteiger partial charge in [-0.25, -0.2) is 9.64 Å². The van der Waals surface area contributed by atoms with Crippen LogP contribution < -0.4 is 0 Å². The van der Waals surface area contributed by atoms with Gasteiger partial charge in [0.15, 0.2) is 0 Å². The van der Waals surface area contributed by atoms with Gasteiger partial charge in [-0.15, -0.1) is 0 Å². The monoisotopic (exact) mass is 344 g/mol. The first-order valence-electron chi connectivity index (χ1n) is 8.48. The topological polar surface area (TPSA) is 35.6 Å². The van der Waals surface area contributed by atoms with Gasteiger partial charge in [-0.1, -0.05) is 54.6 Å². The highest BCUT2D eigenvalue weighted by molar-refractivity contribution is 6.01. The summed E-state index contributed by atoms with van der Waals surface area (Å²) in [6.07, 6.45) is 0. The molecule has 0 aliphatic heterocycles. The summed E-state index contributed by atoms with van der Waals surface area (Å²) in [6, 6.07) is 18.0. The Morgan fingerprint density at radius 3 is 2.19 bits per heavy atom. The van der Waals surface area contributed by atoms with E-state index in [9.17, 15) is 4.79 Å². The summed E-state index contributed by atoms with van der Waals surface area (Å²) in [5.41, 5.74) is 5.35. The quantitative estimate of drug-likeness (QED) is 0.469. The lowest BCUT2D eigenvalue weighted by atomic mass is 9.99. The average Bonchev–Trinajstić information content (AvgIpc) is 2.93. The van der Waals surface area contributed by atoms with Crippen LogP contribution in [0.5, 0.6) is 0 Å². The second-order valence-corrected chi connectivity index (χ2v) is 5.99. The fourth-order valence-electron chi connectivity index (χ4n) is 3.10. The Labute approximate surface area is 153 Å². The van der Waals surface area contributed by atoms with Gasteiger partial charge in [0.1, 0.15) is 5.69 Å². The van der Waals surface area contributed by atoms with Crippen molar-refractivity contribution in [1.82, 2.24) is 4.57 Å². The first-order valence-corrected chi connectivity index (χ1v) is 8.48. The van der Waals surface area contributed by atoms with Gasteiger partial charge in [0.25, 0.3) is 0 Å². The maximum absolute atomic E-state index is 12.5. The normalized spacial score (nSPS) is 10.4. The number of hydrogen-bond donors (Lipinski definition) is 0. The van der Waals surface area contributed by atoms with E-state index in [0.29, 0.717) is 23.6 Å². The number of aromatic nitrogens is 1. The fourth-order valence-corrected chi connectivity index (χ4v) is 3.10. The third kappa shape index (κ3) is 3.00. The summed E-state index contributed by atoms with van der Waals surface area (Å²) >= 11 is 0. The van der Waals surface area contributed by atoms with E-state index in [1.807, 2.05) is 49.4 Å². The molecule has 4 nitrogen and oxygen atoms in total. The smallest absolute Gasteiger partial charge is 0.354 e. The predicted octanol–water partition coefficient (Wildman–Crippen LogP) is 5.40. The Morgan fingerprint density at radius 2 is 1.62 bits per heavy atom. The molecule has 3 aromatic rings. The minimum atomic E-state index is -0.407. The highest BCUT2D eigenvalue weighted by atomic mass is 16.5. The van der Waals surface area contributed by atoms with Crippen LogP contribution in [0.1, 0.15) is 23.1 Å². The maximum atomic E-state index is 12.5. The molecular formula is C22H20N2O2. The van der Waals surface area contributed by atoms with E-state index in [2.05, 4.69) is 17.0 Å². The van der Waals surface area contributed by atoms with Gasteiger partial charge in [-0.2, -0.15) is 0 Å². The van der Waals surface area contributed by atoms with Gasteiger partial charge in [-0.3, -0.25) is 0 Å². The molecule has 26 heavy (non-hydrogen) atoms. The zero-order valence-electron chi connectivity index (χ0n) is 15.1. The molecule has 0 unspecified atom stereocenters. The summed E-state index contributed by atoms with van der Waals surface area (Å²) in [7, 11) is 1.79. The molecule has 0 aliphatic carbocycles. The number of nitrogens with zero attached hydrogens (tertiary/aromatic N) is 2. The third-order valence-electron chi connectivity index (χ3n) is 4.52. The molecule has 3 rings (SSSR count). The van der Waals surface area contributed by atoms with Crippen molar-refractivity contribution >= 4 is 11.7 Å². The largest absolute Gasteiger partial charge is 0.461 e. The van der Waals surface area contributed by atoms with Crippen molar-refractivity contribution < 1.29 is 9.53 Å². The summed E-state index contributed by atoms with van der Waals surface area (Å²) in [5, 5.41) is 0. The molecular weight excluding hydrogens is 324 g/mol. The van der Waals surface area contributed by atoms with Crippen LogP contribution in [0.25, 0.3) is 27.1 Å². The van der Waals surface area contributed by atoms with Crippen LogP contribution in [0.3, 0.4) is 0 Å². The summed E-state index contributed by atoms with van der Waals surface area (Å²) < 4.78 is 6.96. The molecule has 4 heteroatoms. The van der Waals surface area contributed by atoms with Crippen LogP contribution in [0, 0.1) is 13.5 Å². The molecule has 0 radical (unpaired) electrons. The van der Waals surface area contributed by atoms with Crippen LogP contribution in [0.15, 0.2) is 54.6 Å². The summed E-state index contributed by atoms with van der Waals surface area (Å²) in [5.74, 6) is -0.407. The van der Waals surface area contributed by atoms with E-state index in [-0.39, 0.29) is 0 Å². The Hall–Kier alpha value is -3.32.